The summed E-state index contributed by atoms with van der Waals surface area (Å²) in [5.74, 6) is 2.40. The van der Waals surface area contributed by atoms with Gasteiger partial charge in [0, 0.05) is 31.9 Å². The topological polar surface area (TPSA) is 51.2 Å². The Kier molecular flexibility index (Phi) is 6.48. The van der Waals surface area contributed by atoms with Crippen molar-refractivity contribution in [3.63, 3.8) is 0 Å². The van der Waals surface area contributed by atoms with E-state index in [1.165, 1.54) is 18.4 Å². The maximum atomic E-state index is 12.9. The number of anilines is 1. The molecule has 0 bridgehead atoms. The third-order valence-corrected chi connectivity index (χ3v) is 6.69. The molecular weight excluding hydrogens is 472 g/mol. The second kappa shape index (κ2) is 9.65. The standard InChI is InChI=1S/C25H27BrN2O4/c26-22-17-20(5-8-23(22)31-16-13-27-11-14-30-15-12-27)28-10-9-24(25(28)29)32-21-6-3-19(4-7-21)18-1-2-18/h3-9,17-18H,1-2,10-16H2. The van der Waals surface area contributed by atoms with Crippen LogP contribution in [0, 0.1) is 0 Å². The van der Waals surface area contributed by atoms with Crippen molar-refractivity contribution in [3.8, 4) is 11.5 Å². The van der Waals surface area contributed by atoms with E-state index in [9.17, 15) is 4.79 Å². The summed E-state index contributed by atoms with van der Waals surface area (Å²) in [5.41, 5.74) is 2.16. The fourth-order valence-electron chi connectivity index (χ4n) is 4.02. The predicted octanol–water partition coefficient (Wildman–Crippen LogP) is 4.35. The molecule has 1 saturated carbocycles. The van der Waals surface area contributed by atoms with Crippen molar-refractivity contribution in [1.29, 1.82) is 0 Å². The van der Waals surface area contributed by atoms with Crippen molar-refractivity contribution in [2.45, 2.75) is 18.8 Å². The number of carbonyl (C=O) groups excluding carboxylic acids is 1. The molecule has 1 aliphatic carbocycles. The number of morpholine rings is 1. The zero-order valence-electron chi connectivity index (χ0n) is 18.0. The summed E-state index contributed by atoms with van der Waals surface area (Å²) >= 11 is 3.59. The molecule has 2 aromatic rings. The lowest BCUT2D eigenvalue weighted by Gasteiger charge is -2.26. The van der Waals surface area contributed by atoms with Crippen LogP contribution in [0.2, 0.25) is 0 Å². The number of hydrogen-bond donors (Lipinski definition) is 0. The number of ether oxygens (including phenoxy) is 3. The van der Waals surface area contributed by atoms with Crippen molar-refractivity contribution < 1.29 is 19.0 Å². The normalized spacial score (nSPS) is 19.2. The summed E-state index contributed by atoms with van der Waals surface area (Å²) < 4.78 is 18.0. The van der Waals surface area contributed by atoms with Crippen LogP contribution in [-0.4, -0.2) is 56.8 Å². The second-order valence-corrected chi connectivity index (χ2v) is 9.20. The van der Waals surface area contributed by atoms with Gasteiger partial charge in [-0.05, 0) is 76.7 Å². The van der Waals surface area contributed by atoms with Gasteiger partial charge in [0.2, 0.25) is 0 Å². The molecule has 1 amide bonds. The van der Waals surface area contributed by atoms with Crippen LogP contribution in [0.3, 0.4) is 0 Å². The van der Waals surface area contributed by atoms with Crippen LogP contribution >= 0.6 is 15.9 Å². The van der Waals surface area contributed by atoms with Gasteiger partial charge >= 0.3 is 0 Å². The minimum atomic E-state index is -0.135. The Morgan fingerprint density at radius 3 is 2.56 bits per heavy atom. The summed E-state index contributed by atoms with van der Waals surface area (Å²) in [7, 11) is 0. The van der Waals surface area contributed by atoms with E-state index in [4.69, 9.17) is 14.2 Å². The van der Waals surface area contributed by atoms with Crippen molar-refractivity contribution in [3.05, 3.63) is 64.3 Å². The molecule has 5 rings (SSSR count). The van der Waals surface area contributed by atoms with Crippen molar-refractivity contribution in [2.75, 3.05) is 50.9 Å². The monoisotopic (exact) mass is 498 g/mol. The van der Waals surface area contributed by atoms with Crippen LogP contribution in [0.5, 0.6) is 11.5 Å². The number of rotatable bonds is 8. The molecule has 32 heavy (non-hydrogen) atoms. The Balaban J connectivity index is 1.16. The third kappa shape index (κ3) is 5.00. The van der Waals surface area contributed by atoms with Crippen LogP contribution in [0.25, 0.3) is 0 Å². The minimum Gasteiger partial charge on any atom is -0.491 e. The lowest BCUT2D eigenvalue weighted by molar-refractivity contribution is -0.116. The zero-order chi connectivity index (χ0) is 21.9. The highest BCUT2D eigenvalue weighted by Crippen LogP contribution is 2.40. The van der Waals surface area contributed by atoms with Gasteiger partial charge in [-0.1, -0.05) is 12.1 Å². The first-order valence-corrected chi connectivity index (χ1v) is 12.0. The van der Waals surface area contributed by atoms with Crippen molar-refractivity contribution in [1.82, 2.24) is 4.90 Å². The summed E-state index contributed by atoms with van der Waals surface area (Å²) in [6.07, 6.45) is 4.37. The minimum absolute atomic E-state index is 0.135. The Hall–Kier alpha value is -2.35. The summed E-state index contributed by atoms with van der Waals surface area (Å²) in [5, 5.41) is 0. The van der Waals surface area contributed by atoms with Gasteiger partial charge in [0.1, 0.15) is 18.1 Å². The van der Waals surface area contributed by atoms with Gasteiger partial charge in [-0.2, -0.15) is 0 Å². The maximum absolute atomic E-state index is 12.9. The Labute approximate surface area is 196 Å². The first-order valence-electron chi connectivity index (χ1n) is 11.2. The highest BCUT2D eigenvalue weighted by atomic mass is 79.9. The van der Waals surface area contributed by atoms with Gasteiger partial charge in [-0.3, -0.25) is 9.69 Å². The molecule has 0 unspecified atom stereocenters. The molecule has 2 aliphatic heterocycles. The highest BCUT2D eigenvalue weighted by molar-refractivity contribution is 9.10. The molecule has 0 N–H and O–H groups in total. The predicted molar refractivity (Wildman–Crippen MR) is 126 cm³/mol. The molecule has 7 heteroatoms. The molecule has 0 radical (unpaired) electrons. The van der Waals surface area contributed by atoms with E-state index in [0.29, 0.717) is 30.6 Å². The Bertz CT molecular complexity index is 998. The molecular formula is C25H27BrN2O4. The van der Waals surface area contributed by atoms with Crippen LogP contribution in [0.1, 0.15) is 24.3 Å². The molecule has 6 nitrogen and oxygen atoms in total. The van der Waals surface area contributed by atoms with Crippen LogP contribution in [0.15, 0.2) is 58.8 Å². The van der Waals surface area contributed by atoms with Crippen molar-refractivity contribution >= 4 is 27.5 Å². The van der Waals surface area contributed by atoms with Gasteiger partial charge in [-0.25, -0.2) is 0 Å². The third-order valence-electron chi connectivity index (χ3n) is 6.07. The summed E-state index contributed by atoms with van der Waals surface area (Å²) in [4.78, 5) is 16.9. The lowest BCUT2D eigenvalue weighted by Crippen LogP contribution is -2.38. The van der Waals surface area contributed by atoms with E-state index in [0.717, 1.165) is 48.8 Å². The van der Waals surface area contributed by atoms with E-state index >= 15 is 0 Å². The van der Waals surface area contributed by atoms with Gasteiger partial charge in [0.25, 0.3) is 5.91 Å². The fraction of sp³-hybridized carbons (Fsp3) is 0.400. The van der Waals surface area contributed by atoms with Crippen LogP contribution < -0.4 is 14.4 Å². The van der Waals surface area contributed by atoms with E-state index in [-0.39, 0.29) is 5.91 Å². The largest absolute Gasteiger partial charge is 0.491 e. The molecule has 3 aliphatic rings. The highest BCUT2D eigenvalue weighted by Gasteiger charge is 2.28. The molecule has 0 atom stereocenters. The quantitative estimate of drug-likeness (QED) is 0.541. The van der Waals surface area contributed by atoms with Gasteiger partial charge in [-0.15, -0.1) is 0 Å². The maximum Gasteiger partial charge on any atom is 0.294 e. The van der Waals surface area contributed by atoms with Gasteiger partial charge in [0.15, 0.2) is 5.76 Å². The Morgan fingerprint density at radius 2 is 1.84 bits per heavy atom. The zero-order valence-corrected chi connectivity index (χ0v) is 19.6. The molecule has 2 fully saturated rings. The number of nitrogens with zero attached hydrogens (tertiary/aromatic N) is 2. The molecule has 0 spiro atoms. The second-order valence-electron chi connectivity index (χ2n) is 8.35. The van der Waals surface area contributed by atoms with Gasteiger partial charge < -0.3 is 19.1 Å². The number of halogens is 1. The first kappa shape index (κ1) is 21.5. The van der Waals surface area contributed by atoms with Gasteiger partial charge in [0.05, 0.1) is 17.7 Å². The number of benzene rings is 2. The number of carbonyl (C=O) groups is 1. The fourth-order valence-corrected chi connectivity index (χ4v) is 4.50. The van der Waals surface area contributed by atoms with E-state index in [1.807, 2.05) is 36.4 Å². The average Bonchev–Trinajstić information content (AvgIpc) is 3.60. The molecule has 0 aromatic heterocycles. The smallest absolute Gasteiger partial charge is 0.294 e. The molecule has 2 aromatic carbocycles. The molecule has 2 heterocycles. The van der Waals surface area contributed by atoms with E-state index in [1.54, 1.807) is 4.90 Å². The van der Waals surface area contributed by atoms with Crippen LogP contribution in [-0.2, 0) is 9.53 Å². The molecule has 168 valence electrons. The van der Waals surface area contributed by atoms with E-state index in [2.05, 4.69) is 33.0 Å². The lowest BCUT2D eigenvalue weighted by atomic mass is 10.1. The SMILES string of the molecule is O=C1C(Oc2ccc(C3CC3)cc2)=CCN1c1ccc(OCCN2CCOCC2)c(Br)c1. The summed E-state index contributed by atoms with van der Waals surface area (Å²) in [6.45, 7) is 5.43. The first-order chi connectivity index (χ1) is 15.7. The van der Waals surface area contributed by atoms with Crippen LogP contribution in [0.4, 0.5) is 5.69 Å². The molecule has 1 saturated heterocycles. The Morgan fingerprint density at radius 1 is 1.06 bits per heavy atom. The number of hydrogen-bond acceptors (Lipinski definition) is 5. The number of amides is 1. The van der Waals surface area contributed by atoms with Crippen molar-refractivity contribution in [2.24, 2.45) is 0 Å². The van der Waals surface area contributed by atoms with E-state index < -0.39 is 0 Å². The average molecular weight is 499 g/mol. The summed E-state index contributed by atoms with van der Waals surface area (Å²) in [6, 6.07) is 13.8.